The number of aromatic amines is 1. The van der Waals surface area contributed by atoms with E-state index in [1.54, 1.807) is 24.3 Å². The van der Waals surface area contributed by atoms with Crippen molar-refractivity contribution in [2.24, 2.45) is 0 Å². The van der Waals surface area contributed by atoms with E-state index in [9.17, 15) is 17.6 Å². The molecule has 3 rings (SSSR count). The van der Waals surface area contributed by atoms with Crippen LogP contribution >= 0.6 is 0 Å². The van der Waals surface area contributed by atoms with Crippen molar-refractivity contribution in [3.8, 4) is 11.1 Å². The van der Waals surface area contributed by atoms with Crippen molar-refractivity contribution in [1.29, 1.82) is 0 Å². The van der Waals surface area contributed by atoms with Crippen molar-refractivity contribution >= 4 is 10.9 Å². The van der Waals surface area contributed by atoms with E-state index in [1.807, 2.05) is 6.92 Å². The summed E-state index contributed by atoms with van der Waals surface area (Å²) in [6.45, 7) is 1.81. The van der Waals surface area contributed by atoms with E-state index >= 15 is 0 Å². The molecular formula is C16H11F4N. The van der Waals surface area contributed by atoms with Gasteiger partial charge in [0, 0.05) is 10.9 Å². The second-order valence-electron chi connectivity index (χ2n) is 4.94. The van der Waals surface area contributed by atoms with Crippen molar-refractivity contribution in [2.45, 2.75) is 13.1 Å². The number of fused-ring (bicyclic) bond motifs is 1. The second-order valence-corrected chi connectivity index (χ2v) is 4.94. The molecule has 0 unspecified atom stereocenters. The molecule has 0 amide bonds. The molecule has 1 N–H and O–H groups in total. The van der Waals surface area contributed by atoms with Gasteiger partial charge in [0.25, 0.3) is 0 Å². The molecule has 0 atom stereocenters. The first-order valence-corrected chi connectivity index (χ1v) is 6.31. The van der Waals surface area contributed by atoms with Crippen LogP contribution in [0.15, 0.2) is 42.5 Å². The van der Waals surface area contributed by atoms with Crippen LogP contribution in [0, 0.1) is 12.7 Å². The predicted octanol–water partition coefficient (Wildman–Crippen LogP) is 5.30. The van der Waals surface area contributed by atoms with E-state index in [0.717, 1.165) is 22.8 Å². The fourth-order valence-electron chi connectivity index (χ4n) is 2.38. The van der Waals surface area contributed by atoms with Crippen LogP contribution in [0.2, 0.25) is 0 Å². The van der Waals surface area contributed by atoms with Crippen LogP contribution < -0.4 is 0 Å². The van der Waals surface area contributed by atoms with E-state index in [1.165, 1.54) is 12.1 Å². The first kappa shape index (κ1) is 13.7. The Labute approximate surface area is 118 Å². The maximum atomic E-state index is 13.0. The van der Waals surface area contributed by atoms with E-state index in [0.29, 0.717) is 10.9 Å². The highest BCUT2D eigenvalue weighted by Gasteiger charge is 2.32. The van der Waals surface area contributed by atoms with Crippen LogP contribution in [0.1, 0.15) is 11.3 Å². The summed E-state index contributed by atoms with van der Waals surface area (Å²) >= 11 is 0. The lowest BCUT2D eigenvalue weighted by Gasteiger charge is -2.06. The number of halogens is 4. The smallest absolute Gasteiger partial charge is 0.351 e. The van der Waals surface area contributed by atoms with Crippen LogP contribution in [-0.2, 0) is 6.18 Å². The minimum Gasteiger partial charge on any atom is -0.351 e. The van der Waals surface area contributed by atoms with Gasteiger partial charge < -0.3 is 4.98 Å². The number of H-pyrrole nitrogens is 1. The molecule has 0 bridgehead atoms. The second kappa shape index (κ2) is 4.62. The van der Waals surface area contributed by atoms with Gasteiger partial charge in [-0.2, -0.15) is 13.2 Å². The Morgan fingerprint density at radius 2 is 1.62 bits per heavy atom. The molecule has 0 saturated heterocycles. The Hall–Kier alpha value is -2.30. The van der Waals surface area contributed by atoms with Crippen LogP contribution in [0.4, 0.5) is 17.6 Å². The minimum absolute atomic E-state index is 0.349. The van der Waals surface area contributed by atoms with Gasteiger partial charge in [-0.25, -0.2) is 4.39 Å². The van der Waals surface area contributed by atoms with E-state index < -0.39 is 11.9 Å². The summed E-state index contributed by atoms with van der Waals surface area (Å²) in [4.78, 5) is 2.38. The average Bonchev–Trinajstić information content (AvgIpc) is 2.81. The molecule has 3 aromatic rings. The Kier molecular flexibility index (Phi) is 3.01. The van der Waals surface area contributed by atoms with Gasteiger partial charge in [-0.1, -0.05) is 12.1 Å². The molecule has 5 heteroatoms. The topological polar surface area (TPSA) is 15.8 Å². The zero-order valence-corrected chi connectivity index (χ0v) is 11.1. The molecule has 1 aromatic heterocycles. The zero-order chi connectivity index (χ0) is 15.2. The fourth-order valence-corrected chi connectivity index (χ4v) is 2.38. The van der Waals surface area contributed by atoms with Gasteiger partial charge in [0.05, 0.1) is 0 Å². The van der Waals surface area contributed by atoms with Crippen molar-refractivity contribution in [3.05, 3.63) is 59.5 Å². The van der Waals surface area contributed by atoms with E-state index in [4.69, 9.17) is 0 Å². The normalized spacial score (nSPS) is 12.0. The molecule has 0 aliphatic heterocycles. The third kappa shape index (κ3) is 2.51. The third-order valence-corrected chi connectivity index (χ3v) is 3.43. The maximum absolute atomic E-state index is 13.0. The average molecular weight is 293 g/mol. The molecule has 0 fully saturated rings. The number of nitrogens with one attached hydrogen (secondary N) is 1. The summed E-state index contributed by atoms with van der Waals surface area (Å²) in [5.74, 6) is -0.349. The highest BCUT2D eigenvalue weighted by atomic mass is 19.4. The SMILES string of the molecule is Cc1cc2[nH]c(C(F)(F)F)cc2cc1-c1ccc(F)cc1. The van der Waals surface area contributed by atoms with Crippen LogP contribution in [0.3, 0.4) is 0 Å². The molecule has 0 aliphatic rings. The molecule has 0 aliphatic carbocycles. The number of rotatable bonds is 1. The molecule has 0 radical (unpaired) electrons. The number of benzene rings is 2. The summed E-state index contributed by atoms with van der Waals surface area (Å²) in [6.07, 6.45) is -4.40. The molecule has 1 heterocycles. The maximum Gasteiger partial charge on any atom is 0.431 e. The number of aromatic nitrogens is 1. The summed E-state index contributed by atoms with van der Waals surface area (Å²) < 4.78 is 51.1. The molecule has 2 aromatic carbocycles. The van der Waals surface area contributed by atoms with Gasteiger partial charge in [-0.15, -0.1) is 0 Å². The van der Waals surface area contributed by atoms with Gasteiger partial charge in [0.15, 0.2) is 0 Å². The minimum atomic E-state index is -4.40. The lowest BCUT2D eigenvalue weighted by molar-refractivity contribution is -0.140. The van der Waals surface area contributed by atoms with Gasteiger partial charge >= 0.3 is 6.18 Å². The number of aryl methyl sites for hydroxylation is 1. The van der Waals surface area contributed by atoms with E-state index in [-0.39, 0.29) is 5.82 Å². The lowest BCUT2D eigenvalue weighted by Crippen LogP contribution is -2.04. The predicted molar refractivity (Wildman–Crippen MR) is 73.4 cm³/mol. The zero-order valence-electron chi connectivity index (χ0n) is 11.1. The first-order chi connectivity index (χ1) is 9.84. The molecular weight excluding hydrogens is 282 g/mol. The number of alkyl halides is 3. The Morgan fingerprint density at radius 1 is 0.952 bits per heavy atom. The van der Waals surface area contributed by atoms with Gasteiger partial charge in [0.1, 0.15) is 11.5 Å². The summed E-state index contributed by atoms with van der Waals surface area (Å²) in [6, 6.07) is 10.3. The summed E-state index contributed by atoms with van der Waals surface area (Å²) in [5, 5.41) is 0.479. The Morgan fingerprint density at radius 3 is 2.24 bits per heavy atom. The molecule has 21 heavy (non-hydrogen) atoms. The van der Waals surface area contributed by atoms with Crippen LogP contribution in [0.5, 0.6) is 0 Å². The standard InChI is InChI=1S/C16H11F4N/c1-9-6-14-11(8-15(21-14)16(18,19)20)7-13(9)10-2-4-12(17)5-3-10/h2-8,21H,1H3. The van der Waals surface area contributed by atoms with Crippen molar-refractivity contribution < 1.29 is 17.6 Å². The number of hydrogen-bond acceptors (Lipinski definition) is 0. The van der Waals surface area contributed by atoms with E-state index in [2.05, 4.69) is 4.98 Å². The van der Waals surface area contributed by atoms with Gasteiger partial charge in [-0.05, 0) is 53.9 Å². The third-order valence-electron chi connectivity index (χ3n) is 3.43. The molecule has 0 spiro atoms. The van der Waals surface area contributed by atoms with Crippen molar-refractivity contribution in [1.82, 2.24) is 4.98 Å². The molecule has 0 saturated carbocycles. The van der Waals surface area contributed by atoms with Crippen molar-refractivity contribution in [2.75, 3.05) is 0 Å². The molecule has 1 nitrogen and oxygen atoms in total. The van der Waals surface area contributed by atoms with Crippen LogP contribution in [0.25, 0.3) is 22.0 Å². The Balaban J connectivity index is 2.16. The highest BCUT2D eigenvalue weighted by Crippen LogP contribution is 2.34. The largest absolute Gasteiger partial charge is 0.431 e. The lowest BCUT2D eigenvalue weighted by atomic mass is 9.99. The quantitative estimate of drug-likeness (QED) is 0.586. The van der Waals surface area contributed by atoms with Gasteiger partial charge in [0.2, 0.25) is 0 Å². The van der Waals surface area contributed by atoms with Crippen LogP contribution in [-0.4, -0.2) is 4.98 Å². The van der Waals surface area contributed by atoms with Gasteiger partial charge in [-0.3, -0.25) is 0 Å². The first-order valence-electron chi connectivity index (χ1n) is 6.31. The summed E-state index contributed by atoms with van der Waals surface area (Å²) in [5.41, 5.74) is 2.05. The van der Waals surface area contributed by atoms with Crippen molar-refractivity contribution in [3.63, 3.8) is 0 Å². The summed E-state index contributed by atoms with van der Waals surface area (Å²) in [7, 11) is 0. The number of hydrogen-bond donors (Lipinski definition) is 1. The fraction of sp³-hybridized carbons (Fsp3) is 0.125. The Bertz CT molecular complexity index is 797. The highest BCUT2D eigenvalue weighted by molar-refractivity contribution is 5.87. The monoisotopic (exact) mass is 293 g/mol. The molecule has 108 valence electrons.